The molecule has 2 rings (SSSR count). The SMILES string of the molecule is OB(O)c1cncc(-c2ccc(OC(F)(F)F)cc2)c1. The number of nitrogens with zero attached hydrogens (tertiary/aromatic N) is 1. The number of benzene rings is 1. The van der Waals surface area contributed by atoms with Crippen LogP contribution in [0.5, 0.6) is 5.75 Å². The Morgan fingerprint density at radius 2 is 1.65 bits per heavy atom. The monoisotopic (exact) mass is 283 g/mol. The quantitative estimate of drug-likeness (QED) is 0.834. The van der Waals surface area contributed by atoms with Crippen molar-refractivity contribution in [2.24, 2.45) is 0 Å². The zero-order valence-corrected chi connectivity index (χ0v) is 10.0. The van der Waals surface area contributed by atoms with Crippen molar-refractivity contribution in [2.45, 2.75) is 6.36 Å². The maximum absolute atomic E-state index is 12.0. The molecule has 0 atom stereocenters. The molecule has 1 heterocycles. The molecule has 2 N–H and O–H groups in total. The lowest BCUT2D eigenvalue weighted by molar-refractivity contribution is -0.274. The van der Waals surface area contributed by atoms with Crippen molar-refractivity contribution in [1.82, 2.24) is 4.98 Å². The number of alkyl halides is 3. The highest BCUT2D eigenvalue weighted by atomic mass is 19.4. The van der Waals surface area contributed by atoms with Crippen molar-refractivity contribution in [3.63, 3.8) is 0 Å². The third-order valence-corrected chi connectivity index (χ3v) is 2.48. The summed E-state index contributed by atoms with van der Waals surface area (Å²) < 4.78 is 39.8. The summed E-state index contributed by atoms with van der Waals surface area (Å²) in [6.45, 7) is 0. The van der Waals surface area contributed by atoms with Crippen molar-refractivity contribution in [1.29, 1.82) is 0 Å². The van der Waals surface area contributed by atoms with Crippen molar-refractivity contribution in [3.8, 4) is 16.9 Å². The molecular formula is C12H9BF3NO3. The lowest BCUT2D eigenvalue weighted by Crippen LogP contribution is -2.30. The van der Waals surface area contributed by atoms with Gasteiger partial charge in [0.05, 0.1) is 0 Å². The third kappa shape index (κ3) is 3.72. The van der Waals surface area contributed by atoms with Gasteiger partial charge in [0.1, 0.15) is 5.75 Å². The summed E-state index contributed by atoms with van der Waals surface area (Å²) in [6.07, 6.45) is -1.98. The van der Waals surface area contributed by atoms with E-state index in [9.17, 15) is 13.2 Å². The summed E-state index contributed by atoms with van der Waals surface area (Å²) in [5, 5.41) is 18.1. The van der Waals surface area contributed by atoms with E-state index in [1.165, 1.54) is 42.7 Å². The second kappa shape index (κ2) is 5.52. The van der Waals surface area contributed by atoms with Crippen LogP contribution in [-0.2, 0) is 0 Å². The average Bonchev–Trinajstić information content (AvgIpc) is 2.38. The Bertz CT molecular complexity index is 587. The van der Waals surface area contributed by atoms with Gasteiger partial charge in [-0.2, -0.15) is 0 Å². The van der Waals surface area contributed by atoms with Crippen molar-refractivity contribution in [3.05, 3.63) is 42.7 Å². The van der Waals surface area contributed by atoms with Gasteiger partial charge in [0.2, 0.25) is 0 Å². The molecule has 0 saturated carbocycles. The second-order valence-corrected chi connectivity index (χ2v) is 3.95. The van der Waals surface area contributed by atoms with Crippen molar-refractivity contribution < 1.29 is 28.0 Å². The first-order chi connectivity index (χ1) is 9.35. The maximum atomic E-state index is 12.0. The average molecular weight is 283 g/mol. The van der Waals surface area contributed by atoms with Crippen molar-refractivity contribution >= 4 is 12.6 Å². The number of aromatic nitrogens is 1. The molecule has 0 spiro atoms. The molecule has 0 saturated heterocycles. The molecule has 20 heavy (non-hydrogen) atoms. The predicted molar refractivity (Wildman–Crippen MR) is 66.2 cm³/mol. The Labute approximate surface area is 112 Å². The zero-order valence-electron chi connectivity index (χ0n) is 10.0. The fourth-order valence-electron chi connectivity index (χ4n) is 1.61. The van der Waals surface area contributed by atoms with Crippen LogP contribution in [0.1, 0.15) is 0 Å². The first kappa shape index (κ1) is 14.4. The van der Waals surface area contributed by atoms with Gasteiger partial charge in [-0.1, -0.05) is 18.2 Å². The van der Waals surface area contributed by atoms with Crippen LogP contribution >= 0.6 is 0 Å². The summed E-state index contributed by atoms with van der Waals surface area (Å²) in [5.74, 6) is -0.326. The van der Waals surface area contributed by atoms with E-state index in [0.717, 1.165) is 0 Å². The van der Waals surface area contributed by atoms with E-state index in [4.69, 9.17) is 10.0 Å². The minimum Gasteiger partial charge on any atom is -0.423 e. The predicted octanol–water partition coefficient (Wildman–Crippen LogP) is 1.33. The number of hydrogen-bond donors (Lipinski definition) is 2. The molecule has 1 aromatic carbocycles. The van der Waals surface area contributed by atoms with Crippen LogP contribution in [-0.4, -0.2) is 28.5 Å². The molecule has 0 fully saturated rings. The minimum atomic E-state index is -4.73. The molecule has 8 heteroatoms. The Morgan fingerprint density at radius 1 is 1.00 bits per heavy atom. The van der Waals surface area contributed by atoms with E-state index in [1.807, 2.05) is 0 Å². The lowest BCUT2D eigenvalue weighted by Gasteiger charge is -2.09. The molecule has 2 aromatic rings. The van der Waals surface area contributed by atoms with Crippen LogP contribution in [0.15, 0.2) is 42.7 Å². The van der Waals surface area contributed by atoms with Gasteiger partial charge in [0.15, 0.2) is 0 Å². The molecule has 0 aliphatic carbocycles. The smallest absolute Gasteiger partial charge is 0.423 e. The zero-order chi connectivity index (χ0) is 14.8. The minimum absolute atomic E-state index is 0.193. The van der Waals surface area contributed by atoms with E-state index in [0.29, 0.717) is 11.1 Å². The number of halogens is 3. The van der Waals surface area contributed by atoms with Crippen LogP contribution in [0, 0.1) is 0 Å². The summed E-state index contributed by atoms with van der Waals surface area (Å²) in [7, 11) is -1.66. The molecule has 0 radical (unpaired) electrons. The highest BCUT2D eigenvalue weighted by molar-refractivity contribution is 6.58. The van der Waals surface area contributed by atoms with Crippen LogP contribution < -0.4 is 10.2 Å². The molecular weight excluding hydrogens is 274 g/mol. The van der Waals surface area contributed by atoms with Gasteiger partial charge in [0, 0.05) is 17.9 Å². The molecule has 1 aromatic heterocycles. The third-order valence-electron chi connectivity index (χ3n) is 2.48. The van der Waals surface area contributed by atoms with Crippen LogP contribution in [0.3, 0.4) is 0 Å². The van der Waals surface area contributed by atoms with Gasteiger partial charge in [0.25, 0.3) is 0 Å². The Kier molecular flexibility index (Phi) is 3.96. The normalized spacial score (nSPS) is 11.2. The van der Waals surface area contributed by atoms with Gasteiger partial charge in [-0.05, 0) is 23.3 Å². The molecule has 4 nitrogen and oxygen atoms in total. The number of hydrogen-bond acceptors (Lipinski definition) is 4. The number of ether oxygens (including phenoxy) is 1. The Hall–Kier alpha value is -2.06. The highest BCUT2D eigenvalue weighted by Crippen LogP contribution is 2.25. The van der Waals surface area contributed by atoms with Crippen LogP contribution in [0.25, 0.3) is 11.1 Å². The summed E-state index contributed by atoms with van der Waals surface area (Å²) in [4.78, 5) is 3.83. The standard InChI is InChI=1S/C12H9BF3NO3/c14-12(15,16)20-11-3-1-8(2-4-11)9-5-10(13(18)19)7-17-6-9/h1-7,18-19H. The molecule has 104 valence electrons. The first-order valence-corrected chi connectivity index (χ1v) is 5.52. The van der Waals surface area contributed by atoms with E-state index in [-0.39, 0.29) is 11.2 Å². The maximum Gasteiger partial charge on any atom is 0.573 e. The first-order valence-electron chi connectivity index (χ1n) is 5.52. The highest BCUT2D eigenvalue weighted by Gasteiger charge is 2.30. The molecule has 0 bridgehead atoms. The largest absolute Gasteiger partial charge is 0.573 e. The number of pyridine rings is 1. The van der Waals surface area contributed by atoms with E-state index >= 15 is 0 Å². The summed E-state index contributed by atoms with van der Waals surface area (Å²) >= 11 is 0. The van der Waals surface area contributed by atoms with Gasteiger partial charge >= 0.3 is 13.5 Å². The van der Waals surface area contributed by atoms with E-state index in [1.54, 1.807) is 0 Å². The summed E-state index contributed by atoms with van der Waals surface area (Å²) in [5.41, 5.74) is 1.32. The topological polar surface area (TPSA) is 62.6 Å². The fourth-order valence-corrected chi connectivity index (χ4v) is 1.61. The van der Waals surface area contributed by atoms with Gasteiger partial charge in [-0.15, -0.1) is 13.2 Å². The molecule has 0 unspecified atom stereocenters. The van der Waals surface area contributed by atoms with Gasteiger partial charge in [-0.25, -0.2) is 0 Å². The Balaban J connectivity index is 2.24. The van der Waals surface area contributed by atoms with E-state index in [2.05, 4.69) is 9.72 Å². The lowest BCUT2D eigenvalue weighted by atomic mass is 9.80. The number of rotatable bonds is 3. The molecule has 0 aliphatic heterocycles. The van der Waals surface area contributed by atoms with Gasteiger partial charge < -0.3 is 14.8 Å². The van der Waals surface area contributed by atoms with E-state index < -0.39 is 13.5 Å². The van der Waals surface area contributed by atoms with Gasteiger partial charge in [-0.3, -0.25) is 4.98 Å². The second-order valence-electron chi connectivity index (χ2n) is 3.95. The molecule has 0 aliphatic rings. The van der Waals surface area contributed by atoms with Crippen LogP contribution in [0.2, 0.25) is 0 Å². The summed E-state index contributed by atoms with van der Waals surface area (Å²) in [6, 6.07) is 6.67. The Morgan fingerprint density at radius 3 is 2.20 bits per heavy atom. The fraction of sp³-hybridized carbons (Fsp3) is 0.0833. The molecule has 0 amide bonds. The van der Waals surface area contributed by atoms with Crippen molar-refractivity contribution in [2.75, 3.05) is 0 Å². The van der Waals surface area contributed by atoms with Crippen LogP contribution in [0.4, 0.5) is 13.2 Å².